The highest BCUT2D eigenvalue weighted by atomic mass is 16.4. The van der Waals surface area contributed by atoms with Gasteiger partial charge in [0.05, 0.1) is 5.56 Å². The lowest BCUT2D eigenvalue weighted by Crippen LogP contribution is -2.40. The summed E-state index contributed by atoms with van der Waals surface area (Å²) in [7, 11) is 0. The molecule has 3 atom stereocenters. The number of aromatic carboxylic acids is 1. The fraction of sp³-hybridized carbons (Fsp3) is 0.542. The molecule has 152 valence electrons. The van der Waals surface area contributed by atoms with Crippen LogP contribution >= 0.6 is 0 Å². The van der Waals surface area contributed by atoms with Crippen LogP contribution in [0.15, 0.2) is 24.3 Å². The van der Waals surface area contributed by atoms with Crippen LogP contribution in [0.2, 0.25) is 0 Å². The third-order valence-corrected chi connectivity index (χ3v) is 6.96. The number of carboxylic acids is 1. The SMILES string of the molecule is Cc1ccccc1Cn1c(C)c(CN[C@@H]2CCC[C@@H](C)[C@@H]2C)c(C(=O)O)c1C. The third-order valence-electron chi connectivity index (χ3n) is 6.96. The van der Waals surface area contributed by atoms with Crippen LogP contribution in [0.3, 0.4) is 0 Å². The maximum Gasteiger partial charge on any atom is 0.337 e. The van der Waals surface area contributed by atoms with Gasteiger partial charge in [-0.05, 0) is 50.2 Å². The van der Waals surface area contributed by atoms with Gasteiger partial charge >= 0.3 is 5.97 Å². The molecule has 0 saturated heterocycles. The second kappa shape index (κ2) is 8.52. The van der Waals surface area contributed by atoms with Crippen molar-refractivity contribution in [2.75, 3.05) is 0 Å². The van der Waals surface area contributed by atoms with Gasteiger partial charge in [-0.1, -0.05) is 51.0 Å². The van der Waals surface area contributed by atoms with Gasteiger partial charge in [0.15, 0.2) is 0 Å². The molecule has 4 heteroatoms. The van der Waals surface area contributed by atoms with Crippen molar-refractivity contribution in [2.45, 2.75) is 73.0 Å². The van der Waals surface area contributed by atoms with E-state index in [1.165, 1.54) is 30.4 Å². The number of benzene rings is 1. The Morgan fingerprint density at radius 3 is 2.54 bits per heavy atom. The quantitative estimate of drug-likeness (QED) is 0.733. The molecule has 1 aliphatic rings. The topological polar surface area (TPSA) is 54.3 Å². The van der Waals surface area contributed by atoms with Crippen molar-refractivity contribution in [3.05, 3.63) is 57.9 Å². The first kappa shape index (κ1) is 20.7. The lowest BCUT2D eigenvalue weighted by molar-refractivity contribution is 0.0694. The molecule has 0 amide bonds. The Labute approximate surface area is 169 Å². The summed E-state index contributed by atoms with van der Waals surface area (Å²) < 4.78 is 2.16. The lowest BCUT2D eigenvalue weighted by Gasteiger charge is -2.34. The number of carbonyl (C=O) groups is 1. The molecular formula is C24H34N2O2. The van der Waals surface area contributed by atoms with Crippen molar-refractivity contribution >= 4 is 5.97 Å². The van der Waals surface area contributed by atoms with E-state index >= 15 is 0 Å². The monoisotopic (exact) mass is 382 g/mol. The van der Waals surface area contributed by atoms with Crippen LogP contribution in [0.5, 0.6) is 0 Å². The molecular weight excluding hydrogens is 348 g/mol. The molecule has 2 N–H and O–H groups in total. The van der Waals surface area contributed by atoms with E-state index in [9.17, 15) is 9.90 Å². The first-order valence-corrected chi connectivity index (χ1v) is 10.5. The zero-order valence-corrected chi connectivity index (χ0v) is 17.9. The smallest absolute Gasteiger partial charge is 0.337 e. The van der Waals surface area contributed by atoms with Gasteiger partial charge in [0.25, 0.3) is 0 Å². The van der Waals surface area contributed by atoms with Crippen molar-refractivity contribution in [3.63, 3.8) is 0 Å². The summed E-state index contributed by atoms with van der Waals surface area (Å²) in [4.78, 5) is 12.1. The molecule has 0 spiro atoms. The van der Waals surface area contributed by atoms with E-state index in [4.69, 9.17) is 0 Å². The molecule has 1 saturated carbocycles. The third kappa shape index (κ3) is 4.02. The molecule has 2 aromatic rings. The molecule has 1 aliphatic carbocycles. The summed E-state index contributed by atoms with van der Waals surface area (Å²) in [5.41, 5.74) is 5.77. The largest absolute Gasteiger partial charge is 0.478 e. The number of nitrogens with zero attached hydrogens (tertiary/aromatic N) is 1. The van der Waals surface area contributed by atoms with Crippen LogP contribution in [0, 0.1) is 32.6 Å². The van der Waals surface area contributed by atoms with Crippen LogP contribution in [0.1, 0.15) is 71.5 Å². The fourth-order valence-corrected chi connectivity index (χ4v) is 4.75. The van der Waals surface area contributed by atoms with Gasteiger partial charge in [0.1, 0.15) is 0 Å². The Morgan fingerprint density at radius 2 is 1.86 bits per heavy atom. The summed E-state index contributed by atoms with van der Waals surface area (Å²) in [5.74, 6) is 0.516. The van der Waals surface area contributed by atoms with Gasteiger partial charge in [0.2, 0.25) is 0 Å². The number of aryl methyl sites for hydroxylation is 1. The van der Waals surface area contributed by atoms with Gasteiger partial charge in [0, 0.05) is 36.1 Å². The first-order chi connectivity index (χ1) is 13.3. The van der Waals surface area contributed by atoms with Crippen LogP contribution in [-0.4, -0.2) is 21.7 Å². The van der Waals surface area contributed by atoms with Crippen molar-refractivity contribution in [3.8, 4) is 0 Å². The summed E-state index contributed by atoms with van der Waals surface area (Å²) in [5, 5.41) is 13.6. The number of aromatic nitrogens is 1. The summed E-state index contributed by atoms with van der Waals surface area (Å²) >= 11 is 0. The van der Waals surface area contributed by atoms with E-state index in [2.05, 4.69) is 49.7 Å². The van der Waals surface area contributed by atoms with Gasteiger partial charge in [-0.25, -0.2) is 4.79 Å². The minimum Gasteiger partial charge on any atom is -0.478 e. The predicted molar refractivity (Wildman–Crippen MR) is 114 cm³/mol. The summed E-state index contributed by atoms with van der Waals surface area (Å²) in [6, 6.07) is 8.78. The highest BCUT2D eigenvalue weighted by molar-refractivity contribution is 5.91. The molecule has 0 radical (unpaired) electrons. The molecule has 1 heterocycles. The van der Waals surface area contributed by atoms with E-state index in [0.29, 0.717) is 30.6 Å². The van der Waals surface area contributed by atoms with Crippen molar-refractivity contribution in [1.29, 1.82) is 0 Å². The average molecular weight is 383 g/mol. The number of rotatable bonds is 6. The van der Waals surface area contributed by atoms with Crippen LogP contribution in [-0.2, 0) is 13.1 Å². The second-order valence-electron chi connectivity index (χ2n) is 8.60. The van der Waals surface area contributed by atoms with E-state index in [1.807, 2.05) is 19.1 Å². The number of hydrogen-bond acceptors (Lipinski definition) is 2. The van der Waals surface area contributed by atoms with E-state index < -0.39 is 5.97 Å². The molecule has 4 nitrogen and oxygen atoms in total. The highest BCUT2D eigenvalue weighted by Gasteiger charge is 2.28. The van der Waals surface area contributed by atoms with Crippen molar-refractivity contribution < 1.29 is 9.90 Å². The molecule has 0 unspecified atom stereocenters. The average Bonchev–Trinajstić information content (AvgIpc) is 2.89. The van der Waals surface area contributed by atoms with Crippen molar-refractivity contribution in [2.24, 2.45) is 11.8 Å². The second-order valence-corrected chi connectivity index (χ2v) is 8.60. The highest BCUT2D eigenvalue weighted by Crippen LogP contribution is 2.31. The van der Waals surface area contributed by atoms with Crippen molar-refractivity contribution in [1.82, 2.24) is 9.88 Å². The molecule has 1 aromatic carbocycles. The zero-order valence-electron chi connectivity index (χ0n) is 17.9. The zero-order chi connectivity index (χ0) is 20.4. The summed E-state index contributed by atoms with van der Waals surface area (Å²) in [6.45, 7) is 12.1. The first-order valence-electron chi connectivity index (χ1n) is 10.5. The maximum atomic E-state index is 12.1. The number of carboxylic acid groups (broad SMARTS) is 1. The number of hydrogen-bond donors (Lipinski definition) is 2. The predicted octanol–water partition coefficient (Wildman–Crippen LogP) is 5.07. The number of nitrogens with one attached hydrogen (secondary N) is 1. The minimum absolute atomic E-state index is 0.463. The van der Waals surface area contributed by atoms with Crippen LogP contribution < -0.4 is 5.32 Å². The molecule has 1 fully saturated rings. The van der Waals surface area contributed by atoms with Gasteiger partial charge in [-0.15, -0.1) is 0 Å². The van der Waals surface area contributed by atoms with Gasteiger partial charge < -0.3 is 15.0 Å². The minimum atomic E-state index is -0.828. The molecule has 3 rings (SSSR count). The van der Waals surface area contributed by atoms with Crippen LogP contribution in [0.4, 0.5) is 0 Å². The molecule has 28 heavy (non-hydrogen) atoms. The fourth-order valence-electron chi connectivity index (χ4n) is 4.75. The maximum absolute atomic E-state index is 12.1. The van der Waals surface area contributed by atoms with Gasteiger partial charge in [-0.3, -0.25) is 0 Å². The lowest BCUT2D eigenvalue weighted by atomic mass is 9.78. The van der Waals surface area contributed by atoms with E-state index in [0.717, 1.165) is 22.9 Å². The molecule has 1 aromatic heterocycles. The van der Waals surface area contributed by atoms with E-state index in [-0.39, 0.29) is 0 Å². The van der Waals surface area contributed by atoms with E-state index in [1.54, 1.807) is 0 Å². The standard InChI is InChI=1S/C24H34N2O2/c1-15-10-8-12-22(17(15)3)25-13-21-18(4)26(19(5)23(21)24(27)28)14-20-11-7-6-9-16(20)2/h6-7,9,11,15,17,22,25H,8,10,12-14H2,1-5H3,(H,27,28)/t15-,17+,22-/m1/s1. The Balaban J connectivity index is 1.88. The van der Waals surface area contributed by atoms with Crippen LogP contribution in [0.25, 0.3) is 0 Å². The van der Waals surface area contributed by atoms with Gasteiger partial charge in [-0.2, -0.15) is 0 Å². The Morgan fingerprint density at radius 1 is 1.14 bits per heavy atom. The Hall–Kier alpha value is -2.07. The summed E-state index contributed by atoms with van der Waals surface area (Å²) in [6.07, 6.45) is 3.72. The molecule has 0 bridgehead atoms. The normalized spacial score (nSPS) is 22.4. The Bertz CT molecular complexity index is 853. The molecule has 0 aliphatic heterocycles. The Kier molecular flexibility index (Phi) is 6.29.